The lowest BCUT2D eigenvalue weighted by Gasteiger charge is -2.42. The number of aliphatic hydroxyl groups excluding tert-OH is 1. The first-order chi connectivity index (χ1) is 13.2. The van der Waals surface area contributed by atoms with E-state index < -0.39 is 23.1 Å². The molecule has 28 heavy (non-hydrogen) atoms. The molecule has 0 fully saturated rings. The second-order valence-electron chi connectivity index (χ2n) is 6.60. The lowest BCUT2D eigenvalue weighted by Crippen LogP contribution is -2.46. The Morgan fingerprint density at radius 2 is 1.93 bits per heavy atom. The van der Waals surface area contributed by atoms with Crippen LogP contribution < -0.4 is 9.96 Å². The lowest BCUT2D eigenvalue weighted by atomic mass is 9.93. The summed E-state index contributed by atoms with van der Waals surface area (Å²) in [6.07, 6.45) is 0.711. The maximum atomic E-state index is 13.0. The summed E-state index contributed by atoms with van der Waals surface area (Å²) in [6, 6.07) is 11.6. The Kier molecular flexibility index (Phi) is 5.00. The number of carbonyl (C=O) groups is 3. The van der Waals surface area contributed by atoms with Gasteiger partial charge in [-0.1, -0.05) is 24.3 Å². The van der Waals surface area contributed by atoms with Gasteiger partial charge in [-0.05, 0) is 23.3 Å². The number of rotatable bonds is 5. The summed E-state index contributed by atoms with van der Waals surface area (Å²) in [5.74, 6) is -2.43. The van der Waals surface area contributed by atoms with Crippen LogP contribution in [0.15, 0.2) is 48.0 Å². The Morgan fingerprint density at radius 3 is 2.61 bits per heavy atom. The molecular weight excluding hydrogens is 364 g/mol. The minimum Gasteiger partial charge on any atom is -0.627 e. The number of benzene rings is 2. The molecule has 144 valence electrons. The van der Waals surface area contributed by atoms with Crippen LogP contribution in [0.25, 0.3) is 16.9 Å². The maximum Gasteiger partial charge on any atom is 0.322 e. The summed E-state index contributed by atoms with van der Waals surface area (Å²) in [4.78, 5) is 34.3. The summed E-state index contributed by atoms with van der Waals surface area (Å²) in [7, 11) is 1.34. The van der Waals surface area contributed by atoms with Gasteiger partial charge < -0.3 is 25.4 Å². The van der Waals surface area contributed by atoms with Crippen molar-refractivity contribution in [2.75, 3.05) is 20.1 Å². The van der Waals surface area contributed by atoms with Crippen LogP contribution in [0.5, 0.6) is 0 Å². The fraction of sp³-hybridized carbons (Fsp3) is 0.150. The van der Waals surface area contributed by atoms with Crippen LogP contribution in [0.3, 0.4) is 0 Å². The number of quaternary nitrogens is 1. The minimum absolute atomic E-state index is 0.169. The number of aldehydes is 1. The number of nitrogens with one attached hydrogen (secondary N) is 1. The molecule has 1 heterocycles. The van der Waals surface area contributed by atoms with Gasteiger partial charge in [0.25, 0.3) is 5.91 Å². The van der Waals surface area contributed by atoms with Gasteiger partial charge >= 0.3 is 5.97 Å². The first-order valence-electron chi connectivity index (χ1n) is 8.43. The van der Waals surface area contributed by atoms with Crippen molar-refractivity contribution in [1.82, 2.24) is 9.96 Å². The van der Waals surface area contributed by atoms with Crippen LogP contribution in [0.1, 0.15) is 15.9 Å². The quantitative estimate of drug-likeness (QED) is 0.413. The molecule has 0 radical (unpaired) electrons. The predicted octanol–water partition coefficient (Wildman–Crippen LogP) is 2.08. The number of nitrogens with zero attached hydrogens (tertiary/aromatic N) is 1. The Balaban J connectivity index is 2.11. The summed E-state index contributed by atoms with van der Waals surface area (Å²) in [5.41, 5.74) is 1.91. The van der Waals surface area contributed by atoms with Crippen LogP contribution in [-0.4, -0.2) is 48.5 Å². The molecule has 1 amide bonds. The van der Waals surface area contributed by atoms with Gasteiger partial charge in [0.2, 0.25) is 0 Å². The van der Waals surface area contributed by atoms with E-state index in [0.29, 0.717) is 23.0 Å². The Morgan fingerprint density at radius 1 is 1.21 bits per heavy atom. The molecule has 1 atom stereocenters. The average molecular weight is 382 g/mol. The van der Waals surface area contributed by atoms with Gasteiger partial charge in [0, 0.05) is 11.6 Å². The SMILES string of the molecule is C[N+]1([O-])CC(C(=O)NCC(=O)O)=C(O)c2cc(-c3ccccc3C=O)ccc21. The molecule has 1 unspecified atom stereocenters. The van der Waals surface area contributed by atoms with Crippen LogP contribution in [0.2, 0.25) is 0 Å². The number of hydroxylamine groups is 2. The van der Waals surface area contributed by atoms with Gasteiger partial charge in [-0.2, -0.15) is 0 Å². The number of aliphatic carboxylic acids is 1. The van der Waals surface area contributed by atoms with E-state index in [-0.39, 0.29) is 29.1 Å². The standard InChI is InChI=1S/C20H18N2O6/c1-22(28)10-16(20(27)21-9-18(24)25)19(26)15-8-12(6-7-17(15)22)14-5-3-2-4-13(14)11-23/h2-8,11,26H,9-10H2,1H3,(H,21,27)(H,24,25). The number of carboxylic acids is 1. The predicted molar refractivity (Wildman–Crippen MR) is 103 cm³/mol. The van der Waals surface area contributed by atoms with Crippen molar-refractivity contribution in [2.45, 2.75) is 0 Å². The van der Waals surface area contributed by atoms with Crippen molar-refractivity contribution >= 4 is 29.6 Å². The van der Waals surface area contributed by atoms with Gasteiger partial charge in [0.15, 0.2) is 6.29 Å². The molecule has 8 nitrogen and oxygen atoms in total. The fourth-order valence-electron chi connectivity index (χ4n) is 3.23. The Bertz CT molecular complexity index is 1010. The van der Waals surface area contributed by atoms with Crippen molar-refractivity contribution in [3.8, 4) is 11.1 Å². The monoisotopic (exact) mass is 382 g/mol. The van der Waals surface area contributed by atoms with E-state index in [1.54, 1.807) is 42.5 Å². The highest BCUT2D eigenvalue weighted by Gasteiger charge is 2.34. The van der Waals surface area contributed by atoms with Gasteiger partial charge in [-0.3, -0.25) is 14.4 Å². The molecule has 8 heteroatoms. The van der Waals surface area contributed by atoms with Crippen LogP contribution in [-0.2, 0) is 9.59 Å². The minimum atomic E-state index is -1.24. The molecule has 3 rings (SSSR count). The van der Waals surface area contributed by atoms with E-state index in [1.165, 1.54) is 7.05 Å². The highest BCUT2D eigenvalue weighted by molar-refractivity contribution is 6.04. The molecule has 0 aliphatic carbocycles. The number of hydrogen-bond acceptors (Lipinski definition) is 5. The number of carboxylic acid groups (broad SMARTS) is 1. The Labute approximate surface area is 160 Å². The summed E-state index contributed by atoms with van der Waals surface area (Å²) in [5, 5.41) is 34.5. The number of amides is 1. The molecule has 0 bridgehead atoms. The second kappa shape index (κ2) is 7.26. The van der Waals surface area contributed by atoms with E-state index in [1.807, 2.05) is 0 Å². The molecule has 1 aliphatic heterocycles. The van der Waals surface area contributed by atoms with Crippen molar-refractivity contribution in [1.29, 1.82) is 0 Å². The molecule has 2 aromatic carbocycles. The van der Waals surface area contributed by atoms with E-state index in [9.17, 15) is 24.7 Å². The first-order valence-corrected chi connectivity index (χ1v) is 8.43. The number of fused-ring (bicyclic) bond motifs is 1. The third-order valence-corrected chi connectivity index (χ3v) is 4.58. The van der Waals surface area contributed by atoms with Crippen LogP contribution in [0.4, 0.5) is 5.69 Å². The zero-order valence-corrected chi connectivity index (χ0v) is 15.0. The molecule has 0 saturated carbocycles. The number of likely N-dealkylation sites (N-methyl/N-ethyl adjacent to an activating group) is 1. The molecule has 1 aliphatic rings. The smallest absolute Gasteiger partial charge is 0.322 e. The van der Waals surface area contributed by atoms with E-state index in [0.717, 1.165) is 0 Å². The van der Waals surface area contributed by atoms with E-state index in [2.05, 4.69) is 5.32 Å². The van der Waals surface area contributed by atoms with Crippen LogP contribution >= 0.6 is 0 Å². The number of carbonyl (C=O) groups excluding carboxylic acids is 2. The molecule has 0 aromatic heterocycles. The topological polar surface area (TPSA) is 127 Å². The summed E-state index contributed by atoms with van der Waals surface area (Å²) in [6.45, 7) is -0.966. The zero-order valence-electron chi connectivity index (χ0n) is 15.0. The zero-order chi connectivity index (χ0) is 20.5. The normalized spacial score (nSPS) is 18.4. The molecule has 0 spiro atoms. The second-order valence-corrected chi connectivity index (χ2v) is 6.60. The molecule has 0 saturated heterocycles. The summed E-state index contributed by atoms with van der Waals surface area (Å²) < 4.78 is -0.940. The molecule has 2 aromatic rings. The third kappa shape index (κ3) is 3.51. The fourth-order valence-corrected chi connectivity index (χ4v) is 3.23. The maximum absolute atomic E-state index is 13.0. The highest BCUT2D eigenvalue weighted by Crippen LogP contribution is 2.39. The molecule has 3 N–H and O–H groups in total. The lowest BCUT2D eigenvalue weighted by molar-refractivity contribution is -0.137. The van der Waals surface area contributed by atoms with Crippen molar-refractivity contribution in [3.05, 3.63) is 64.4 Å². The van der Waals surface area contributed by atoms with Crippen molar-refractivity contribution in [3.63, 3.8) is 0 Å². The molecular formula is C20H18N2O6. The number of hydrogen-bond donors (Lipinski definition) is 3. The highest BCUT2D eigenvalue weighted by atomic mass is 16.5. The van der Waals surface area contributed by atoms with Gasteiger partial charge in [0.1, 0.15) is 30.1 Å². The van der Waals surface area contributed by atoms with Gasteiger partial charge in [-0.15, -0.1) is 0 Å². The third-order valence-electron chi connectivity index (χ3n) is 4.58. The van der Waals surface area contributed by atoms with E-state index in [4.69, 9.17) is 5.11 Å². The van der Waals surface area contributed by atoms with Gasteiger partial charge in [0.05, 0.1) is 12.6 Å². The van der Waals surface area contributed by atoms with Gasteiger partial charge in [-0.25, -0.2) is 0 Å². The van der Waals surface area contributed by atoms with Crippen molar-refractivity contribution in [2.24, 2.45) is 0 Å². The van der Waals surface area contributed by atoms with E-state index >= 15 is 0 Å². The largest absolute Gasteiger partial charge is 0.627 e. The first kappa shape index (κ1) is 19.3. The number of aliphatic hydroxyl groups is 1. The van der Waals surface area contributed by atoms with Crippen LogP contribution in [0, 0.1) is 5.21 Å². The summed E-state index contributed by atoms with van der Waals surface area (Å²) >= 11 is 0. The Hall–Kier alpha value is -3.49. The average Bonchev–Trinajstić information content (AvgIpc) is 2.68. The van der Waals surface area contributed by atoms with Crippen molar-refractivity contribution < 1.29 is 24.6 Å².